The first kappa shape index (κ1) is 36.6. The van der Waals surface area contributed by atoms with Crippen molar-refractivity contribution in [3.8, 4) is 0 Å². The molecular weight excluding hydrogens is 588 g/mol. The van der Waals surface area contributed by atoms with Crippen molar-refractivity contribution in [2.24, 2.45) is 4.99 Å². The predicted molar refractivity (Wildman–Crippen MR) is 188 cm³/mol. The van der Waals surface area contributed by atoms with E-state index in [0.717, 1.165) is 21.9 Å². The largest absolute Gasteiger partial charge is 0.467 e. The van der Waals surface area contributed by atoms with E-state index in [1.807, 2.05) is 94.7 Å². The van der Waals surface area contributed by atoms with Gasteiger partial charge in [-0.05, 0) is 47.9 Å². The molecule has 1 amide bonds. The highest BCUT2D eigenvalue weighted by Gasteiger charge is 2.24. The molecule has 240 valence electrons. The number of nitrogens with one attached hydrogen (secondary N) is 1. The lowest BCUT2D eigenvalue weighted by Gasteiger charge is -2.12. The molecule has 0 unspecified atom stereocenters. The minimum Gasteiger partial charge on any atom is -0.467 e. The van der Waals surface area contributed by atoms with Gasteiger partial charge >= 0.3 is 11.9 Å². The number of allylic oxidation sites excluding steroid dienone is 4. The number of aliphatic imine (C=N–C) groups is 1. The summed E-state index contributed by atoms with van der Waals surface area (Å²) < 4.78 is 9.31. The Balaban J connectivity index is 0.000000314. The van der Waals surface area contributed by atoms with E-state index >= 15 is 0 Å². The number of anilines is 2. The maximum Gasteiger partial charge on any atom is 0.331 e. The third-order valence-corrected chi connectivity index (χ3v) is 7.48. The highest BCUT2D eigenvalue weighted by Crippen LogP contribution is 2.20. The average Bonchev–Trinajstić information content (AvgIpc) is 3.53. The lowest BCUT2D eigenvalue weighted by atomic mass is 10.2. The molecule has 0 saturated heterocycles. The van der Waals surface area contributed by atoms with Crippen LogP contribution in [0.15, 0.2) is 90.0 Å². The lowest BCUT2D eigenvalue weighted by Crippen LogP contribution is -2.40. The van der Waals surface area contributed by atoms with E-state index in [2.05, 4.69) is 44.2 Å². The Morgan fingerprint density at radius 3 is 1.82 bits per heavy atom. The number of benzene rings is 2. The summed E-state index contributed by atoms with van der Waals surface area (Å²) in [5, 5.41) is 3.46. The summed E-state index contributed by atoms with van der Waals surface area (Å²) in [5.74, 6) is -0.379. The zero-order valence-corrected chi connectivity index (χ0v) is 27.9. The van der Waals surface area contributed by atoms with Crippen molar-refractivity contribution >= 4 is 58.2 Å². The number of nitrogens with zero attached hydrogens (tertiary/aromatic N) is 3. The van der Waals surface area contributed by atoms with Crippen LogP contribution in [-0.4, -0.2) is 83.1 Å². The molecule has 0 saturated carbocycles. The fourth-order valence-electron chi connectivity index (χ4n) is 3.81. The number of carbonyl (C=O) groups excluding carboxylic acids is 3. The summed E-state index contributed by atoms with van der Waals surface area (Å²) >= 11 is 1.57. The number of carbonyl (C=O) groups is 3. The van der Waals surface area contributed by atoms with Crippen LogP contribution in [0.3, 0.4) is 0 Å². The molecule has 2 aromatic carbocycles. The standard InChI is InChI=1S/C18H24N2O3.C17H20N2O2S/c1-5-16(18(22)23-4)19-17(21)9-7-6-8-14-10-12-15(13-11-14)20(2)3;1-19(2)14-10-8-13(9-11-14)6-4-5-7-16-18-15(12-22-16)17(20)21-3/h6-13,16H,5H2,1-4H3,(H,19,21);4-11,15H,12H2,1-3H3/b8-6+,9-7+;6-4+,7-5+/t16-;15-/m11/s1. The van der Waals surface area contributed by atoms with Gasteiger partial charge in [-0.25, -0.2) is 9.59 Å². The quantitative estimate of drug-likeness (QED) is 0.189. The molecule has 0 bridgehead atoms. The summed E-state index contributed by atoms with van der Waals surface area (Å²) in [5.41, 5.74) is 4.49. The monoisotopic (exact) mass is 632 g/mol. The number of thioether (sulfide) groups is 1. The van der Waals surface area contributed by atoms with Gasteiger partial charge in [-0.1, -0.05) is 67.6 Å². The molecule has 10 heteroatoms. The number of amides is 1. The second-order valence-electron chi connectivity index (χ2n) is 10.2. The first-order valence-corrected chi connectivity index (χ1v) is 15.5. The topological polar surface area (TPSA) is 101 Å². The van der Waals surface area contributed by atoms with Crippen LogP contribution in [0.5, 0.6) is 0 Å². The van der Waals surface area contributed by atoms with E-state index in [1.54, 1.807) is 23.9 Å². The smallest absolute Gasteiger partial charge is 0.331 e. The summed E-state index contributed by atoms with van der Waals surface area (Å²) in [6.45, 7) is 1.81. The van der Waals surface area contributed by atoms with E-state index in [0.29, 0.717) is 12.2 Å². The van der Waals surface area contributed by atoms with Crippen LogP contribution < -0.4 is 15.1 Å². The van der Waals surface area contributed by atoms with Crippen molar-refractivity contribution in [1.82, 2.24) is 5.32 Å². The Hall–Kier alpha value is -4.57. The summed E-state index contributed by atoms with van der Waals surface area (Å²) in [6.07, 6.45) is 15.1. The van der Waals surface area contributed by atoms with Crippen LogP contribution in [0.4, 0.5) is 11.4 Å². The SMILES string of the molecule is CC[C@@H](NC(=O)/C=C/C=C/c1ccc(N(C)C)cc1)C(=O)OC.COC(=O)[C@H]1CSC(/C=C/C=C/c2ccc(N(C)C)cc2)=N1. The Kier molecular flexibility index (Phi) is 16.0. The first-order chi connectivity index (χ1) is 21.6. The van der Waals surface area contributed by atoms with Gasteiger partial charge in [0.05, 0.1) is 19.3 Å². The van der Waals surface area contributed by atoms with Crippen LogP contribution in [0.2, 0.25) is 0 Å². The van der Waals surface area contributed by atoms with E-state index in [9.17, 15) is 14.4 Å². The van der Waals surface area contributed by atoms with Gasteiger partial charge in [0, 0.05) is 51.4 Å². The third-order valence-electron chi connectivity index (χ3n) is 6.46. The number of ether oxygens (including phenoxy) is 2. The lowest BCUT2D eigenvalue weighted by molar-refractivity contribution is -0.144. The molecule has 0 aromatic heterocycles. The predicted octanol–water partition coefficient (Wildman–Crippen LogP) is 5.40. The zero-order chi connectivity index (χ0) is 33.2. The normalized spacial score (nSPS) is 15.1. The van der Waals surface area contributed by atoms with Crippen molar-refractivity contribution in [2.75, 3.05) is 58.0 Å². The number of rotatable bonds is 12. The van der Waals surface area contributed by atoms with Crippen LogP contribution in [0, 0.1) is 0 Å². The van der Waals surface area contributed by atoms with Gasteiger partial charge in [-0.15, -0.1) is 11.8 Å². The maximum atomic E-state index is 11.7. The van der Waals surface area contributed by atoms with E-state index in [4.69, 9.17) is 4.74 Å². The van der Waals surface area contributed by atoms with Crippen LogP contribution >= 0.6 is 11.8 Å². The molecule has 0 fully saturated rings. The van der Waals surface area contributed by atoms with Crippen molar-refractivity contribution in [3.05, 3.63) is 96.1 Å². The first-order valence-electron chi connectivity index (χ1n) is 14.5. The average molecular weight is 633 g/mol. The molecule has 2 aromatic rings. The fourth-order valence-corrected chi connectivity index (χ4v) is 4.73. The molecule has 45 heavy (non-hydrogen) atoms. The molecule has 0 spiro atoms. The Labute approximate surface area is 271 Å². The maximum absolute atomic E-state index is 11.7. The highest BCUT2D eigenvalue weighted by molar-refractivity contribution is 8.14. The zero-order valence-electron chi connectivity index (χ0n) is 27.1. The Morgan fingerprint density at radius 2 is 1.36 bits per heavy atom. The van der Waals surface area contributed by atoms with Gasteiger partial charge in [-0.3, -0.25) is 9.79 Å². The number of hydrogen-bond donors (Lipinski definition) is 1. The molecule has 1 N–H and O–H groups in total. The number of hydrogen-bond acceptors (Lipinski definition) is 9. The third kappa shape index (κ3) is 13.3. The van der Waals surface area contributed by atoms with Gasteiger partial charge in [0.15, 0.2) is 6.04 Å². The van der Waals surface area contributed by atoms with Crippen molar-refractivity contribution in [3.63, 3.8) is 0 Å². The van der Waals surface area contributed by atoms with E-state index in [-0.39, 0.29) is 17.9 Å². The van der Waals surface area contributed by atoms with E-state index in [1.165, 1.54) is 26.0 Å². The molecular formula is C35H44N4O5S. The molecule has 1 aliphatic rings. The second kappa shape index (κ2) is 19.7. The molecule has 1 aliphatic heterocycles. The summed E-state index contributed by atoms with van der Waals surface area (Å²) in [4.78, 5) is 42.9. The van der Waals surface area contributed by atoms with Gasteiger partial charge in [0.25, 0.3) is 0 Å². The van der Waals surface area contributed by atoms with Gasteiger partial charge in [0.1, 0.15) is 6.04 Å². The summed E-state index contributed by atoms with van der Waals surface area (Å²) in [6, 6.07) is 15.4. The molecule has 0 aliphatic carbocycles. The molecule has 3 rings (SSSR count). The minimum absolute atomic E-state index is 0.271. The van der Waals surface area contributed by atoms with Crippen LogP contribution in [-0.2, 0) is 23.9 Å². The number of methoxy groups -OCH3 is 2. The molecule has 1 heterocycles. The van der Waals surface area contributed by atoms with Crippen molar-refractivity contribution < 1.29 is 23.9 Å². The second-order valence-corrected chi connectivity index (χ2v) is 11.3. The Bertz CT molecular complexity index is 1390. The van der Waals surface area contributed by atoms with Crippen molar-refractivity contribution in [1.29, 1.82) is 0 Å². The minimum atomic E-state index is -0.611. The highest BCUT2D eigenvalue weighted by atomic mass is 32.2. The van der Waals surface area contributed by atoms with Crippen molar-refractivity contribution in [2.45, 2.75) is 25.4 Å². The van der Waals surface area contributed by atoms with Gasteiger partial charge in [-0.2, -0.15) is 0 Å². The molecule has 0 radical (unpaired) electrons. The van der Waals surface area contributed by atoms with E-state index < -0.39 is 12.0 Å². The van der Waals surface area contributed by atoms with Gasteiger partial charge < -0.3 is 24.6 Å². The summed E-state index contributed by atoms with van der Waals surface area (Å²) in [7, 11) is 10.7. The Morgan fingerprint density at radius 1 is 0.844 bits per heavy atom. The molecule has 2 atom stereocenters. The molecule has 9 nitrogen and oxygen atoms in total. The fraction of sp³-hybridized carbons (Fsp3) is 0.314. The number of esters is 2. The van der Waals surface area contributed by atoms with Crippen LogP contribution in [0.1, 0.15) is 24.5 Å². The van der Waals surface area contributed by atoms with Gasteiger partial charge in [0.2, 0.25) is 5.91 Å². The van der Waals surface area contributed by atoms with Crippen LogP contribution in [0.25, 0.3) is 12.2 Å².